The molecule has 0 aromatic heterocycles. The molecule has 1 fully saturated rings. The molecule has 1 aliphatic carbocycles. The van der Waals surface area contributed by atoms with Gasteiger partial charge in [-0.25, -0.2) is 0 Å². The molecular formula is C13H17ClN2O. The Morgan fingerprint density at radius 3 is 2.65 bits per heavy atom. The van der Waals surface area contributed by atoms with Crippen LogP contribution in [0.25, 0.3) is 0 Å². The maximum atomic E-state index is 11.4. The largest absolute Gasteiger partial charge is 0.355 e. The summed E-state index contributed by atoms with van der Waals surface area (Å²) in [6.45, 7) is 1.11. The van der Waals surface area contributed by atoms with E-state index in [1.807, 2.05) is 24.3 Å². The van der Waals surface area contributed by atoms with E-state index in [4.69, 9.17) is 11.6 Å². The van der Waals surface area contributed by atoms with Gasteiger partial charge in [0.2, 0.25) is 5.91 Å². The van der Waals surface area contributed by atoms with E-state index in [0.29, 0.717) is 19.1 Å². The third-order valence-corrected chi connectivity index (χ3v) is 3.03. The first-order valence-corrected chi connectivity index (χ1v) is 6.36. The monoisotopic (exact) mass is 252 g/mol. The van der Waals surface area contributed by atoms with Gasteiger partial charge in [0.25, 0.3) is 0 Å². The van der Waals surface area contributed by atoms with Crippen molar-refractivity contribution in [2.45, 2.75) is 25.3 Å². The SMILES string of the molecule is O=C(CNC1CC1)NCCc1ccc(Cl)cc1. The fourth-order valence-electron chi connectivity index (χ4n) is 1.58. The maximum absolute atomic E-state index is 11.4. The van der Waals surface area contributed by atoms with E-state index in [0.717, 1.165) is 11.4 Å². The molecule has 0 saturated heterocycles. The molecule has 1 amide bonds. The summed E-state index contributed by atoms with van der Waals surface area (Å²) in [5.41, 5.74) is 1.19. The minimum absolute atomic E-state index is 0.0749. The van der Waals surface area contributed by atoms with Gasteiger partial charge < -0.3 is 10.6 Å². The van der Waals surface area contributed by atoms with Gasteiger partial charge >= 0.3 is 0 Å². The number of carbonyl (C=O) groups is 1. The van der Waals surface area contributed by atoms with Crippen molar-refractivity contribution in [1.82, 2.24) is 10.6 Å². The van der Waals surface area contributed by atoms with Gasteiger partial charge in [0.1, 0.15) is 0 Å². The molecule has 0 atom stereocenters. The molecule has 2 N–H and O–H groups in total. The van der Waals surface area contributed by atoms with Crippen molar-refractivity contribution in [2.24, 2.45) is 0 Å². The molecule has 0 spiro atoms. The number of hydrogen-bond acceptors (Lipinski definition) is 2. The summed E-state index contributed by atoms with van der Waals surface area (Å²) >= 11 is 5.79. The van der Waals surface area contributed by atoms with Crippen molar-refractivity contribution in [3.05, 3.63) is 34.9 Å². The second kappa shape index (κ2) is 6.03. The van der Waals surface area contributed by atoms with Crippen LogP contribution in [-0.2, 0) is 11.2 Å². The van der Waals surface area contributed by atoms with E-state index in [1.165, 1.54) is 18.4 Å². The first kappa shape index (κ1) is 12.4. The average Bonchev–Trinajstić information content (AvgIpc) is 3.13. The summed E-state index contributed by atoms with van der Waals surface area (Å²) in [7, 11) is 0. The highest BCUT2D eigenvalue weighted by molar-refractivity contribution is 6.30. The Kier molecular flexibility index (Phi) is 4.40. The lowest BCUT2D eigenvalue weighted by Crippen LogP contribution is -2.35. The number of halogens is 1. The van der Waals surface area contributed by atoms with E-state index in [-0.39, 0.29) is 5.91 Å². The average molecular weight is 253 g/mol. The molecular weight excluding hydrogens is 236 g/mol. The molecule has 1 aliphatic rings. The van der Waals surface area contributed by atoms with E-state index in [2.05, 4.69) is 10.6 Å². The van der Waals surface area contributed by atoms with Gasteiger partial charge in [-0.3, -0.25) is 4.79 Å². The molecule has 0 bridgehead atoms. The molecule has 1 aromatic carbocycles. The van der Waals surface area contributed by atoms with Crippen molar-refractivity contribution in [1.29, 1.82) is 0 Å². The first-order chi connectivity index (χ1) is 8.24. The van der Waals surface area contributed by atoms with Gasteiger partial charge in [0.05, 0.1) is 6.54 Å². The molecule has 0 radical (unpaired) electrons. The minimum Gasteiger partial charge on any atom is -0.355 e. The predicted octanol–water partition coefficient (Wildman–Crippen LogP) is 1.75. The van der Waals surface area contributed by atoms with Crippen molar-refractivity contribution < 1.29 is 4.79 Å². The Bertz CT molecular complexity index is 374. The van der Waals surface area contributed by atoms with Crippen LogP contribution in [0.3, 0.4) is 0 Å². The number of amides is 1. The second-order valence-electron chi connectivity index (χ2n) is 4.38. The minimum atomic E-state index is 0.0749. The number of benzene rings is 1. The fraction of sp³-hybridized carbons (Fsp3) is 0.462. The van der Waals surface area contributed by atoms with Crippen LogP contribution in [0.5, 0.6) is 0 Å². The van der Waals surface area contributed by atoms with Gasteiger partial charge in [-0.1, -0.05) is 23.7 Å². The van der Waals surface area contributed by atoms with Crippen molar-refractivity contribution in [3.8, 4) is 0 Å². The number of nitrogens with one attached hydrogen (secondary N) is 2. The molecule has 0 unspecified atom stereocenters. The summed E-state index contributed by atoms with van der Waals surface area (Å²) in [5, 5.41) is 6.82. The molecule has 17 heavy (non-hydrogen) atoms. The third-order valence-electron chi connectivity index (χ3n) is 2.78. The Morgan fingerprint density at radius 1 is 1.29 bits per heavy atom. The molecule has 1 aromatic rings. The number of rotatable bonds is 6. The highest BCUT2D eigenvalue weighted by atomic mass is 35.5. The topological polar surface area (TPSA) is 41.1 Å². The molecule has 0 aliphatic heterocycles. The smallest absolute Gasteiger partial charge is 0.233 e. The van der Waals surface area contributed by atoms with E-state index in [1.54, 1.807) is 0 Å². The molecule has 92 valence electrons. The number of hydrogen-bond donors (Lipinski definition) is 2. The summed E-state index contributed by atoms with van der Waals surface area (Å²) in [5.74, 6) is 0.0749. The maximum Gasteiger partial charge on any atom is 0.233 e. The lowest BCUT2D eigenvalue weighted by Gasteiger charge is -2.06. The van der Waals surface area contributed by atoms with Crippen LogP contribution in [0.15, 0.2) is 24.3 Å². The van der Waals surface area contributed by atoms with Gasteiger partial charge in [-0.15, -0.1) is 0 Å². The van der Waals surface area contributed by atoms with Gasteiger partial charge in [0, 0.05) is 17.6 Å². The summed E-state index contributed by atoms with van der Waals surface area (Å²) in [6.07, 6.45) is 3.25. The predicted molar refractivity (Wildman–Crippen MR) is 69.2 cm³/mol. The van der Waals surface area contributed by atoms with Crippen molar-refractivity contribution >= 4 is 17.5 Å². The Labute approximate surface area is 107 Å². The summed E-state index contributed by atoms with van der Waals surface area (Å²) in [6, 6.07) is 8.28. The zero-order chi connectivity index (χ0) is 12.1. The Balaban J connectivity index is 1.61. The molecule has 4 heteroatoms. The van der Waals surface area contributed by atoms with Gasteiger partial charge in [-0.05, 0) is 37.0 Å². The molecule has 3 nitrogen and oxygen atoms in total. The van der Waals surface area contributed by atoms with E-state index < -0.39 is 0 Å². The molecule has 2 rings (SSSR count). The molecule has 0 heterocycles. The summed E-state index contributed by atoms with van der Waals surface area (Å²) in [4.78, 5) is 11.4. The van der Waals surface area contributed by atoms with Crippen LogP contribution in [0, 0.1) is 0 Å². The Hall–Kier alpha value is -1.06. The normalized spacial score (nSPS) is 14.6. The van der Waals surface area contributed by atoms with Crippen LogP contribution < -0.4 is 10.6 Å². The van der Waals surface area contributed by atoms with Gasteiger partial charge in [0.15, 0.2) is 0 Å². The second-order valence-corrected chi connectivity index (χ2v) is 4.82. The quantitative estimate of drug-likeness (QED) is 0.810. The standard InChI is InChI=1S/C13H17ClN2O/c14-11-3-1-10(2-4-11)7-8-15-13(17)9-16-12-5-6-12/h1-4,12,16H,5-9H2,(H,15,17). The first-order valence-electron chi connectivity index (χ1n) is 5.98. The Morgan fingerprint density at radius 2 is 2.00 bits per heavy atom. The summed E-state index contributed by atoms with van der Waals surface area (Å²) < 4.78 is 0. The highest BCUT2D eigenvalue weighted by Crippen LogP contribution is 2.17. The van der Waals surface area contributed by atoms with E-state index >= 15 is 0 Å². The van der Waals surface area contributed by atoms with E-state index in [9.17, 15) is 4.79 Å². The van der Waals surface area contributed by atoms with Crippen LogP contribution >= 0.6 is 11.6 Å². The van der Waals surface area contributed by atoms with Crippen LogP contribution in [0.4, 0.5) is 0 Å². The van der Waals surface area contributed by atoms with Crippen molar-refractivity contribution in [2.75, 3.05) is 13.1 Å². The fourth-order valence-corrected chi connectivity index (χ4v) is 1.71. The molecule has 1 saturated carbocycles. The van der Waals surface area contributed by atoms with Crippen LogP contribution in [0.1, 0.15) is 18.4 Å². The highest BCUT2D eigenvalue weighted by Gasteiger charge is 2.20. The zero-order valence-electron chi connectivity index (χ0n) is 9.71. The third kappa shape index (κ3) is 4.75. The van der Waals surface area contributed by atoms with Gasteiger partial charge in [-0.2, -0.15) is 0 Å². The van der Waals surface area contributed by atoms with Crippen LogP contribution in [0.2, 0.25) is 5.02 Å². The lowest BCUT2D eigenvalue weighted by atomic mass is 10.1. The van der Waals surface area contributed by atoms with Crippen LogP contribution in [-0.4, -0.2) is 25.0 Å². The zero-order valence-corrected chi connectivity index (χ0v) is 10.5. The lowest BCUT2D eigenvalue weighted by molar-refractivity contribution is -0.120. The number of carbonyl (C=O) groups excluding carboxylic acids is 1. The van der Waals surface area contributed by atoms with Crippen molar-refractivity contribution in [3.63, 3.8) is 0 Å².